The zero-order valence-corrected chi connectivity index (χ0v) is 22.7. The van der Waals surface area contributed by atoms with Gasteiger partial charge >= 0.3 is 12.0 Å². The molecule has 0 saturated carbocycles. The SMILES string of the molecule is CSc1ccc(C=CC(=O)N2CCC(C(=O)NC(CNC(=O)N3CCOCC3)C(=O)O)CC2)c(Cl)c1Cl. The average molecular weight is 573 g/mol. The van der Waals surface area contributed by atoms with Crippen LogP contribution in [0.4, 0.5) is 4.79 Å². The Morgan fingerprint density at radius 2 is 1.78 bits per heavy atom. The van der Waals surface area contributed by atoms with E-state index in [0.29, 0.717) is 67.8 Å². The van der Waals surface area contributed by atoms with Crippen molar-refractivity contribution in [2.45, 2.75) is 23.8 Å². The van der Waals surface area contributed by atoms with E-state index in [9.17, 15) is 24.3 Å². The van der Waals surface area contributed by atoms with Crippen molar-refractivity contribution in [3.63, 3.8) is 0 Å². The first kappa shape index (κ1) is 29.1. The molecule has 0 spiro atoms. The molecule has 1 unspecified atom stereocenters. The fraction of sp³-hybridized carbons (Fsp3) is 0.500. The molecular weight excluding hydrogens is 543 g/mol. The third kappa shape index (κ3) is 8.00. The number of carbonyl (C=O) groups is 4. The molecular formula is C24H30Cl2N4O6S. The van der Waals surface area contributed by atoms with Gasteiger partial charge in [-0.15, -0.1) is 11.8 Å². The molecule has 3 rings (SSSR count). The smallest absolute Gasteiger partial charge is 0.328 e. The number of ether oxygens (including phenoxy) is 1. The first-order chi connectivity index (χ1) is 17.7. The van der Waals surface area contributed by atoms with Crippen LogP contribution in [0.1, 0.15) is 18.4 Å². The Hall–Kier alpha value is -2.47. The molecule has 202 valence electrons. The number of piperidine rings is 1. The fourth-order valence-corrected chi connectivity index (χ4v) is 5.19. The molecule has 2 saturated heterocycles. The van der Waals surface area contributed by atoms with Crippen molar-refractivity contribution in [2.75, 3.05) is 52.2 Å². The van der Waals surface area contributed by atoms with E-state index in [-0.39, 0.29) is 12.5 Å². The van der Waals surface area contributed by atoms with E-state index in [0.717, 1.165) is 4.90 Å². The predicted octanol–water partition coefficient (Wildman–Crippen LogP) is 2.58. The van der Waals surface area contributed by atoms with Gasteiger partial charge in [0.1, 0.15) is 6.04 Å². The molecule has 2 aliphatic heterocycles. The van der Waals surface area contributed by atoms with Crippen LogP contribution < -0.4 is 10.6 Å². The van der Waals surface area contributed by atoms with Gasteiger partial charge in [0.2, 0.25) is 11.8 Å². The molecule has 1 aromatic carbocycles. The molecule has 1 aromatic rings. The van der Waals surface area contributed by atoms with Gasteiger partial charge in [-0.2, -0.15) is 0 Å². The van der Waals surface area contributed by atoms with Gasteiger partial charge in [-0.1, -0.05) is 29.3 Å². The number of carboxylic acids is 1. The van der Waals surface area contributed by atoms with Crippen LogP contribution >= 0.6 is 35.0 Å². The van der Waals surface area contributed by atoms with Crippen molar-refractivity contribution in [2.24, 2.45) is 5.92 Å². The minimum Gasteiger partial charge on any atom is -0.480 e. The van der Waals surface area contributed by atoms with Crippen LogP contribution in [0.25, 0.3) is 6.08 Å². The Bertz CT molecular complexity index is 1040. The number of thioether (sulfide) groups is 1. The molecule has 4 amide bonds. The second-order valence-corrected chi connectivity index (χ2v) is 10.2. The van der Waals surface area contributed by atoms with Crippen molar-refractivity contribution in [1.29, 1.82) is 0 Å². The third-order valence-corrected chi connectivity index (χ3v) is 8.04. The normalized spacial score (nSPS) is 17.5. The lowest BCUT2D eigenvalue weighted by Crippen LogP contribution is -2.54. The molecule has 13 heteroatoms. The quantitative estimate of drug-likeness (QED) is 0.322. The fourth-order valence-electron chi connectivity index (χ4n) is 4.02. The van der Waals surface area contributed by atoms with Gasteiger partial charge < -0.3 is 30.3 Å². The van der Waals surface area contributed by atoms with E-state index in [1.807, 2.05) is 12.3 Å². The van der Waals surface area contributed by atoms with Crippen molar-refractivity contribution in [3.8, 4) is 0 Å². The number of likely N-dealkylation sites (tertiary alicyclic amines) is 1. The van der Waals surface area contributed by atoms with Crippen LogP contribution in [0.2, 0.25) is 10.0 Å². The number of rotatable bonds is 8. The van der Waals surface area contributed by atoms with Gasteiger partial charge in [-0.05, 0) is 36.8 Å². The van der Waals surface area contributed by atoms with Gasteiger partial charge in [-0.3, -0.25) is 9.59 Å². The molecule has 0 bridgehead atoms. The lowest BCUT2D eigenvalue weighted by atomic mass is 9.95. The highest BCUT2D eigenvalue weighted by Gasteiger charge is 2.30. The number of nitrogens with zero attached hydrogens (tertiary/aromatic N) is 2. The van der Waals surface area contributed by atoms with Crippen LogP contribution in [0, 0.1) is 5.92 Å². The number of urea groups is 1. The molecule has 2 fully saturated rings. The minimum absolute atomic E-state index is 0.214. The second-order valence-electron chi connectivity index (χ2n) is 8.60. The number of aliphatic carboxylic acids is 1. The summed E-state index contributed by atoms with van der Waals surface area (Å²) in [6.45, 7) is 2.18. The van der Waals surface area contributed by atoms with E-state index < -0.39 is 29.9 Å². The first-order valence-corrected chi connectivity index (χ1v) is 13.8. The van der Waals surface area contributed by atoms with Gasteiger partial charge in [0.25, 0.3) is 0 Å². The number of nitrogens with one attached hydrogen (secondary N) is 2. The summed E-state index contributed by atoms with van der Waals surface area (Å²) < 4.78 is 5.19. The summed E-state index contributed by atoms with van der Waals surface area (Å²) in [5.41, 5.74) is 0.632. The van der Waals surface area contributed by atoms with E-state index in [1.54, 1.807) is 17.0 Å². The van der Waals surface area contributed by atoms with E-state index in [4.69, 9.17) is 27.9 Å². The number of carbonyl (C=O) groups excluding carboxylic acids is 3. The van der Waals surface area contributed by atoms with Gasteiger partial charge in [0.15, 0.2) is 0 Å². The molecule has 10 nitrogen and oxygen atoms in total. The van der Waals surface area contributed by atoms with Crippen molar-refractivity contribution in [3.05, 3.63) is 33.8 Å². The first-order valence-electron chi connectivity index (χ1n) is 11.8. The molecule has 37 heavy (non-hydrogen) atoms. The maximum absolute atomic E-state index is 12.7. The second kappa shape index (κ2) is 13.9. The maximum atomic E-state index is 12.7. The molecule has 3 N–H and O–H groups in total. The Labute approximate surface area is 229 Å². The monoisotopic (exact) mass is 572 g/mol. The molecule has 0 aliphatic carbocycles. The summed E-state index contributed by atoms with van der Waals surface area (Å²) in [6, 6.07) is 1.98. The summed E-state index contributed by atoms with van der Waals surface area (Å²) in [4.78, 5) is 53.2. The summed E-state index contributed by atoms with van der Waals surface area (Å²) in [5.74, 6) is -2.30. The van der Waals surface area contributed by atoms with Crippen LogP contribution in [0.3, 0.4) is 0 Å². The minimum atomic E-state index is -1.26. The topological polar surface area (TPSA) is 128 Å². The molecule has 0 aromatic heterocycles. The number of halogens is 2. The van der Waals surface area contributed by atoms with Crippen LogP contribution in [0.15, 0.2) is 23.1 Å². The molecule has 2 heterocycles. The Morgan fingerprint density at radius 3 is 2.41 bits per heavy atom. The van der Waals surface area contributed by atoms with Crippen LogP contribution in [-0.4, -0.2) is 97.0 Å². The van der Waals surface area contributed by atoms with Crippen LogP contribution in [-0.2, 0) is 19.1 Å². The Morgan fingerprint density at radius 1 is 1.11 bits per heavy atom. The Kier molecular flexibility index (Phi) is 10.9. The largest absolute Gasteiger partial charge is 0.480 e. The number of amides is 4. The average Bonchev–Trinajstić information content (AvgIpc) is 2.91. The summed E-state index contributed by atoms with van der Waals surface area (Å²) in [5, 5.41) is 15.4. The standard InChI is InChI=1S/C24H30Cl2N4O6S/c1-37-18-4-2-15(20(25)21(18)26)3-5-19(31)29-8-6-16(7-9-29)22(32)28-17(23(33)34)14-27-24(35)30-10-12-36-13-11-30/h2-5,16-17H,6-14H2,1H3,(H,27,35)(H,28,32)(H,33,34). The maximum Gasteiger partial charge on any atom is 0.328 e. The lowest BCUT2D eigenvalue weighted by molar-refractivity contribution is -0.142. The molecule has 0 radical (unpaired) electrons. The van der Waals surface area contributed by atoms with Crippen LogP contribution in [0.5, 0.6) is 0 Å². The number of hydrogen-bond donors (Lipinski definition) is 3. The summed E-state index contributed by atoms with van der Waals surface area (Å²) in [6.07, 6.45) is 5.73. The zero-order chi connectivity index (χ0) is 26.9. The highest BCUT2D eigenvalue weighted by Crippen LogP contribution is 2.35. The van der Waals surface area contributed by atoms with Gasteiger partial charge in [0, 0.05) is 43.1 Å². The zero-order valence-electron chi connectivity index (χ0n) is 20.4. The van der Waals surface area contributed by atoms with Crippen molar-refractivity contribution >= 4 is 64.9 Å². The number of hydrogen-bond acceptors (Lipinski definition) is 6. The Balaban J connectivity index is 1.47. The predicted molar refractivity (Wildman–Crippen MR) is 142 cm³/mol. The highest BCUT2D eigenvalue weighted by atomic mass is 35.5. The van der Waals surface area contributed by atoms with E-state index in [1.165, 1.54) is 22.7 Å². The van der Waals surface area contributed by atoms with Crippen molar-refractivity contribution in [1.82, 2.24) is 20.4 Å². The number of benzene rings is 1. The summed E-state index contributed by atoms with van der Waals surface area (Å²) >= 11 is 14.0. The molecule has 2 aliphatic rings. The van der Waals surface area contributed by atoms with Gasteiger partial charge in [-0.25, -0.2) is 9.59 Å². The van der Waals surface area contributed by atoms with Crippen molar-refractivity contribution < 1.29 is 29.0 Å². The number of carboxylic acid groups (broad SMARTS) is 1. The molecule has 1 atom stereocenters. The number of morpholine rings is 1. The summed E-state index contributed by atoms with van der Waals surface area (Å²) in [7, 11) is 0. The lowest BCUT2D eigenvalue weighted by Gasteiger charge is -2.31. The van der Waals surface area contributed by atoms with Gasteiger partial charge in [0.05, 0.1) is 29.8 Å². The van der Waals surface area contributed by atoms with E-state index in [2.05, 4.69) is 10.6 Å². The highest BCUT2D eigenvalue weighted by molar-refractivity contribution is 7.98. The van der Waals surface area contributed by atoms with E-state index >= 15 is 0 Å². The third-order valence-electron chi connectivity index (χ3n) is 6.25.